The lowest BCUT2D eigenvalue weighted by Crippen LogP contribution is -2.47. The highest BCUT2D eigenvalue weighted by atomic mass is 19.4. The summed E-state index contributed by atoms with van der Waals surface area (Å²) in [5, 5.41) is 8.48. The molecule has 2 aromatic rings. The number of nitrogens with zero attached hydrogens (tertiary/aromatic N) is 2. The van der Waals surface area contributed by atoms with Crippen LogP contribution in [-0.4, -0.2) is 63.5 Å². The first-order valence-electron chi connectivity index (χ1n) is 16.7. The number of hydrogen-bond acceptors (Lipinski definition) is 6. The predicted octanol–water partition coefficient (Wildman–Crippen LogP) is 9.43. The zero-order chi connectivity index (χ0) is 37.7. The Morgan fingerprint density at radius 3 is 1.82 bits per heavy atom. The molecule has 272 valence electrons. The van der Waals surface area contributed by atoms with E-state index in [0.717, 1.165) is 73.4 Å². The predicted molar refractivity (Wildman–Crippen MR) is 199 cm³/mol. The second kappa shape index (κ2) is 27.8. The molecule has 49 heavy (non-hydrogen) atoms. The molecule has 3 rings (SSSR count). The SMILES string of the molecule is C/C=C(\C)N=N.C=C/C=C/C=C.C=O.CC.CCN(CCCCC1(C(=O)NCC(F)(F)F)c2ccccc2-c2ccccc21)CCCNC. The molecule has 1 aliphatic carbocycles. The van der Waals surface area contributed by atoms with E-state index in [4.69, 9.17) is 10.3 Å². The van der Waals surface area contributed by atoms with E-state index in [1.165, 1.54) is 0 Å². The summed E-state index contributed by atoms with van der Waals surface area (Å²) in [5.74, 6) is -0.571. The molecule has 7 nitrogen and oxygen atoms in total. The van der Waals surface area contributed by atoms with E-state index in [0.29, 0.717) is 6.42 Å². The van der Waals surface area contributed by atoms with E-state index >= 15 is 0 Å². The van der Waals surface area contributed by atoms with Crippen LogP contribution in [0.3, 0.4) is 0 Å². The fourth-order valence-electron chi connectivity index (χ4n) is 5.14. The summed E-state index contributed by atoms with van der Waals surface area (Å²) < 4.78 is 38.9. The van der Waals surface area contributed by atoms with E-state index in [1.54, 1.807) is 25.2 Å². The number of rotatable bonds is 15. The highest BCUT2D eigenvalue weighted by molar-refractivity contribution is 6.00. The summed E-state index contributed by atoms with van der Waals surface area (Å²) in [6.45, 7) is 21.2. The molecule has 3 N–H and O–H groups in total. The lowest BCUT2D eigenvalue weighted by atomic mass is 9.73. The van der Waals surface area contributed by atoms with Crippen LogP contribution in [0.2, 0.25) is 0 Å². The van der Waals surface area contributed by atoms with E-state index in [9.17, 15) is 18.0 Å². The number of allylic oxidation sites excluding steroid dienone is 6. The minimum absolute atomic E-state index is 0.471. The van der Waals surface area contributed by atoms with Crippen molar-refractivity contribution in [2.24, 2.45) is 5.11 Å². The normalized spacial score (nSPS) is 12.2. The third kappa shape index (κ3) is 16.7. The Balaban J connectivity index is 0. The Labute approximate surface area is 293 Å². The van der Waals surface area contributed by atoms with Gasteiger partial charge in [-0.2, -0.15) is 18.3 Å². The number of nitrogens with one attached hydrogen (secondary N) is 3. The third-order valence-corrected chi connectivity index (χ3v) is 7.50. The van der Waals surface area contributed by atoms with E-state index in [-0.39, 0.29) is 0 Å². The minimum atomic E-state index is -4.45. The van der Waals surface area contributed by atoms with Crippen LogP contribution in [0.15, 0.2) is 103 Å². The molecule has 0 radical (unpaired) electrons. The Morgan fingerprint density at radius 1 is 0.939 bits per heavy atom. The van der Waals surface area contributed by atoms with E-state index in [2.05, 4.69) is 40.7 Å². The number of halogens is 3. The number of carbonyl (C=O) groups excluding carboxylic acids is 2. The van der Waals surface area contributed by atoms with E-state index < -0.39 is 24.0 Å². The average molecular weight is 686 g/mol. The van der Waals surface area contributed by atoms with Gasteiger partial charge < -0.3 is 20.3 Å². The molecule has 0 aliphatic heterocycles. The molecule has 1 amide bonds. The van der Waals surface area contributed by atoms with Crippen LogP contribution in [0, 0.1) is 5.53 Å². The minimum Gasteiger partial charge on any atom is -0.346 e. The van der Waals surface area contributed by atoms with Crippen LogP contribution in [0.25, 0.3) is 11.1 Å². The van der Waals surface area contributed by atoms with Crippen molar-refractivity contribution in [3.63, 3.8) is 0 Å². The number of alkyl halides is 3. The number of fused-ring (bicyclic) bond motifs is 3. The van der Waals surface area contributed by atoms with Crippen LogP contribution in [0.1, 0.15) is 71.4 Å². The molecular weight excluding hydrogens is 627 g/mol. The molecular formula is C39H58F3N5O2. The van der Waals surface area contributed by atoms with Crippen molar-refractivity contribution in [2.75, 3.05) is 39.8 Å². The maximum absolute atomic E-state index is 13.5. The molecule has 0 bridgehead atoms. The van der Waals surface area contributed by atoms with Gasteiger partial charge in [-0.15, -0.1) is 0 Å². The van der Waals surface area contributed by atoms with Crippen molar-refractivity contribution in [1.82, 2.24) is 15.5 Å². The van der Waals surface area contributed by atoms with Gasteiger partial charge in [0.2, 0.25) is 5.91 Å². The summed E-state index contributed by atoms with van der Waals surface area (Å²) in [6.07, 6.45) is 7.56. The molecule has 10 heteroatoms. The molecule has 0 saturated heterocycles. The molecule has 0 unspecified atom stereocenters. The first kappa shape index (κ1) is 47.0. The number of benzene rings is 2. The molecule has 0 spiro atoms. The summed E-state index contributed by atoms with van der Waals surface area (Å²) in [6, 6.07) is 15.2. The van der Waals surface area contributed by atoms with Crippen LogP contribution in [0.4, 0.5) is 13.2 Å². The Kier molecular flexibility index (Phi) is 26.6. The standard InChI is InChI=1S/C26H34F3N3O.C6H8.C4H8N2.C2H6.CH2O/c1-3-32(18-10-16-30-2)17-9-8-15-25(24(33)31-19-26(27,28)29)22-13-6-4-11-20(22)21-12-5-7-14-23(21)25;1-3-5-6-4-2;1-3-4(2)6-5;2*1-2/h4-7,11-14,30H,3,8-10,15-19H2,1-2H3,(H,31,33);3-6H,1-2H2;3,5H,1-2H3;1-2H3;1H2/b;6-5+;4-3+,6-5?;;. The highest BCUT2D eigenvalue weighted by Crippen LogP contribution is 2.51. The lowest BCUT2D eigenvalue weighted by Gasteiger charge is -2.31. The van der Waals surface area contributed by atoms with Gasteiger partial charge in [-0.3, -0.25) is 4.79 Å². The van der Waals surface area contributed by atoms with Crippen molar-refractivity contribution >= 4 is 12.7 Å². The number of amides is 1. The monoisotopic (exact) mass is 685 g/mol. The van der Waals surface area contributed by atoms with Crippen molar-refractivity contribution in [3.8, 4) is 11.1 Å². The third-order valence-electron chi connectivity index (χ3n) is 7.50. The van der Waals surface area contributed by atoms with Crippen molar-refractivity contribution in [3.05, 3.63) is 109 Å². The topological polar surface area (TPSA) is 97.7 Å². The molecule has 0 aromatic heterocycles. The van der Waals surface area contributed by atoms with Gasteiger partial charge in [0.25, 0.3) is 0 Å². The largest absolute Gasteiger partial charge is 0.405 e. The zero-order valence-corrected chi connectivity index (χ0v) is 30.3. The Morgan fingerprint density at radius 2 is 1.43 bits per heavy atom. The van der Waals surface area contributed by atoms with Gasteiger partial charge in [0, 0.05) is 0 Å². The average Bonchev–Trinajstić information content (AvgIpc) is 3.42. The zero-order valence-electron chi connectivity index (χ0n) is 30.3. The molecule has 0 atom stereocenters. The summed E-state index contributed by atoms with van der Waals surface area (Å²) in [4.78, 5) is 23.8. The number of unbranched alkanes of at least 4 members (excludes halogenated alkanes) is 1. The van der Waals surface area contributed by atoms with Crippen LogP contribution in [0.5, 0.6) is 0 Å². The second-order valence-corrected chi connectivity index (χ2v) is 10.5. The van der Waals surface area contributed by atoms with Crippen LogP contribution < -0.4 is 10.6 Å². The Bertz CT molecular complexity index is 1240. The highest BCUT2D eigenvalue weighted by Gasteiger charge is 2.49. The first-order valence-corrected chi connectivity index (χ1v) is 16.7. The molecule has 2 aromatic carbocycles. The van der Waals surface area contributed by atoms with Gasteiger partial charge >= 0.3 is 6.18 Å². The van der Waals surface area contributed by atoms with Gasteiger partial charge in [0.15, 0.2) is 0 Å². The number of hydrogen-bond donors (Lipinski definition) is 3. The maximum Gasteiger partial charge on any atom is 0.405 e. The van der Waals surface area contributed by atoms with E-state index in [1.807, 2.05) is 95.3 Å². The molecule has 1 aliphatic rings. The van der Waals surface area contributed by atoms with Gasteiger partial charge in [0.1, 0.15) is 18.7 Å². The molecule has 0 heterocycles. The van der Waals surface area contributed by atoms with Gasteiger partial charge in [0.05, 0.1) is 5.70 Å². The second-order valence-electron chi connectivity index (χ2n) is 10.5. The van der Waals surface area contributed by atoms with Crippen molar-refractivity contribution < 1.29 is 22.8 Å². The Hall–Kier alpha value is -4.15. The van der Waals surface area contributed by atoms with Gasteiger partial charge in [-0.1, -0.05) is 119 Å². The fraction of sp³-hybridized carbons (Fsp3) is 0.436. The first-order chi connectivity index (χ1) is 23.6. The molecule has 0 fully saturated rings. The lowest BCUT2D eigenvalue weighted by molar-refractivity contribution is -0.141. The summed E-state index contributed by atoms with van der Waals surface area (Å²) >= 11 is 0. The number of carbonyl (C=O) groups is 2. The quantitative estimate of drug-likeness (QED) is 0.0989. The van der Waals surface area contributed by atoms with Crippen molar-refractivity contribution in [2.45, 2.75) is 71.9 Å². The maximum atomic E-state index is 13.5. The molecule has 0 saturated carbocycles. The van der Waals surface area contributed by atoms with Gasteiger partial charge in [-0.05, 0) is 88.6 Å². The fourth-order valence-corrected chi connectivity index (χ4v) is 5.14. The van der Waals surface area contributed by atoms with Crippen LogP contribution in [-0.2, 0) is 15.0 Å². The summed E-state index contributed by atoms with van der Waals surface area (Å²) in [7, 11) is 1.94. The van der Waals surface area contributed by atoms with Crippen molar-refractivity contribution in [1.29, 1.82) is 5.53 Å². The van der Waals surface area contributed by atoms with Gasteiger partial charge in [-0.25, -0.2) is 5.53 Å². The smallest absolute Gasteiger partial charge is 0.346 e. The summed E-state index contributed by atoms with van der Waals surface area (Å²) in [5.41, 5.74) is 9.47. The van der Waals surface area contributed by atoms with Crippen LogP contribution >= 0.6 is 0 Å².